The number of nitrogens with zero attached hydrogens (tertiary/aromatic N) is 3. The summed E-state index contributed by atoms with van der Waals surface area (Å²) in [4.78, 5) is 22.5. The largest absolute Gasteiger partial charge is 0.473 e. The first-order valence-electron chi connectivity index (χ1n) is 11.7. The van der Waals surface area contributed by atoms with Gasteiger partial charge in [0, 0.05) is 43.9 Å². The molecule has 4 rings (SSSR count). The molecule has 2 heterocycles. The number of benzene rings is 1. The van der Waals surface area contributed by atoms with Gasteiger partial charge < -0.3 is 14.8 Å². The fourth-order valence-electron chi connectivity index (χ4n) is 4.92. The van der Waals surface area contributed by atoms with Gasteiger partial charge in [-0.25, -0.2) is 23.5 Å². The summed E-state index contributed by atoms with van der Waals surface area (Å²) in [5.74, 6) is 0.316. The van der Waals surface area contributed by atoms with Gasteiger partial charge in [-0.15, -0.1) is 0 Å². The maximum Gasteiger partial charge on any atom is 0.407 e. The molecule has 0 bridgehead atoms. The van der Waals surface area contributed by atoms with E-state index in [1.165, 1.54) is 18.5 Å². The van der Waals surface area contributed by atoms with Crippen molar-refractivity contribution in [2.75, 3.05) is 13.1 Å². The highest BCUT2D eigenvalue weighted by atomic mass is 19.1. The van der Waals surface area contributed by atoms with Crippen molar-refractivity contribution in [3.8, 4) is 5.88 Å². The van der Waals surface area contributed by atoms with Crippen LogP contribution in [0.2, 0.25) is 0 Å². The van der Waals surface area contributed by atoms with E-state index in [9.17, 15) is 13.6 Å². The van der Waals surface area contributed by atoms with E-state index in [0.29, 0.717) is 18.8 Å². The zero-order valence-electron chi connectivity index (χ0n) is 19.8. The van der Waals surface area contributed by atoms with Crippen LogP contribution in [0.4, 0.5) is 13.6 Å². The average Bonchev–Trinajstić information content (AvgIpc) is 3.17. The molecule has 2 fully saturated rings. The number of hydrogen-bond acceptors (Lipinski definition) is 6. The molecule has 2 aliphatic rings. The maximum atomic E-state index is 14.8. The number of carbonyl (C=O) groups is 1. The first-order chi connectivity index (χ1) is 16.2. The van der Waals surface area contributed by atoms with E-state index >= 15 is 0 Å². The van der Waals surface area contributed by atoms with Gasteiger partial charge in [-0.1, -0.05) is 12.1 Å². The number of amides is 1. The number of nitrogens with one attached hydrogen (secondary N) is 1. The molecule has 1 aliphatic carbocycles. The first kappa shape index (κ1) is 24.3. The van der Waals surface area contributed by atoms with Crippen LogP contribution in [0.25, 0.3) is 0 Å². The summed E-state index contributed by atoms with van der Waals surface area (Å²) in [6, 6.07) is 7.75. The van der Waals surface area contributed by atoms with Crippen LogP contribution in [-0.4, -0.2) is 64.0 Å². The highest BCUT2D eigenvalue weighted by molar-refractivity contribution is 5.68. The van der Waals surface area contributed by atoms with Gasteiger partial charge >= 0.3 is 6.09 Å². The number of alkyl halides is 1. The standard InChI is InChI=1S/C25H32F2N4O3/c1-25(2,3)34-24(32)30-20-12-19(27)13-31(14-20)21-10-17(16-4-6-18(26)7-5-16)11-22(21)33-23-8-9-28-15-29-23/h4-9,15,17,19-22H,10-14H2,1-3H3,(H,30,32)/t17-,19-,20+,21+,22+/m1/s1. The van der Waals surface area contributed by atoms with Crippen LogP contribution >= 0.6 is 0 Å². The molecule has 5 atom stereocenters. The van der Waals surface area contributed by atoms with Crippen LogP contribution in [0, 0.1) is 5.82 Å². The number of ether oxygens (including phenoxy) is 2. The Hall–Kier alpha value is -2.81. The molecule has 9 heteroatoms. The Morgan fingerprint density at radius 2 is 1.88 bits per heavy atom. The Bertz CT molecular complexity index is 955. The smallest absolute Gasteiger partial charge is 0.407 e. The lowest BCUT2D eigenvalue weighted by Crippen LogP contribution is -2.57. The molecular formula is C25H32F2N4O3. The zero-order chi connectivity index (χ0) is 24.3. The Labute approximate surface area is 198 Å². The molecule has 0 radical (unpaired) electrons. The van der Waals surface area contributed by atoms with Gasteiger partial charge in [0.05, 0.1) is 0 Å². The summed E-state index contributed by atoms with van der Waals surface area (Å²) in [5.41, 5.74) is 0.398. The molecule has 1 saturated carbocycles. The monoisotopic (exact) mass is 474 g/mol. The second kappa shape index (κ2) is 10.2. The third-order valence-corrected chi connectivity index (χ3v) is 6.26. The van der Waals surface area contributed by atoms with E-state index in [1.54, 1.807) is 45.2 Å². The quantitative estimate of drug-likeness (QED) is 0.698. The number of alkyl carbamates (subject to hydrolysis) is 1. The Morgan fingerprint density at radius 1 is 1.12 bits per heavy atom. The van der Waals surface area contributed by atoms with Gasteiger partial charge in [-0.2, -0.15) is 0 Å². The Balaban J connectivity index is 1.50. The molecular weight excluding hydrogens is 442 g/mol. The number of halogens is 2. The molecule has 1 saturated heterocycles. The Morgan fingerprint density at radius 3 is 2.56 bits per heavy atom. The predicted octanol–water partition coefficient (Wildman–Crippen LogP) is 4.25. The van der Waals surface area contributed by atoms with Gasteiger partial charge in [-0.05, 0) is 57.2 Å². The second-order valence-electron chi connectivity index (χ2n) is 10.1. The van der Waals surface area contributed by atoms with Crippen molar-refractivity contribution < 1.29 is 23.0 Å². The van der Waals surface area contributed by atoms with Gasteiger partial charge in [0.2, 0.25) is 5.88 Å². The molecule has 1 aliphatic heterocycles. The van der Waals surface area contributed by atoms with Crippen LogP contribution in [0.5, 0.6) is 5.88 Å². The number of likely N-dealkylation sites (tertiary alicyclic amines) is 1. The number of piperidine rings is 1. The molecule has 0 unspecified atom stereocenters. The highest BCUT2D eigenvalue weighted by Gasteiger charge is 2.43. The molecule has 184 valence electrons. The maximum absolute atomic E-state index is 14.8. The van der Waals surface area contributed by atoms with Crippen molar-refractivity contribution in [1.82, 2.24) is 20.2 Å². The fourth-order valence-corrected chi connectivity index (χ4v) is 4.92. The van der Waals surface area contributed by atoms with Crippen molar-refractivity contribution in [2.24, 2.45) is 0 Å². The lowest BCUT2D eigenvalue weighted by atomic mass is 9.96. The van der Waals surface area contributed by atoms with Crippen LogP contribution < -0.4 is 10.1 Å². The molecule has 0 spiro atoms. The molecule has 1 N–H and O–H groups in total. The summed E-state index contributed by atoms with van der Waals surface area (Å²) in [7, 11) is 0. The van der Waals surface area contributed by atoms with Crippen molar-refractivity contribution >= 4 is 6.09 Å². The van der Waals surface area contributed by atoms with Gasteiger partial charge in [-0.3, -0.25) is 4.90 Å². The van der Waals surface area contributed by atoms with E-state index in [4.69, 9.17) is 9.47 Å². The molecule has 1 aromatic heterocycles. The minimum Gasteiger partial charge on any atom is -0.473 e. The minimum absolute atomic E-state index is 0.0912. The zero-order valence-corrected chi connectivity index (χ0v) is 19.8. The molecule has 1 aromatic carbocycles. The van der Waals surface area contributed by atoms with E-state index in [2.05, 4.69) is 20.2 Å². The SMILES string of the molecule is CC(C)(C)OC(=O)N[C@H]1C[C@@H](F)CN([C@H]2C[C@@H](c3ccc(F)cc3)C[C@@H]2Oc2ccncn2)C1. The van der Waals surface area contributed by atoms with Crippen LogP contribution in [0.1, 0.15) is 51.5 Å². The number of carbonyl (C=O) groups excluding carboxylic acids is 1. The summed E-state index contributed by atoms with van der Waals surface area (Å²) in [6.07, 6.45) is 2.83. The van der Waals surface area contributed by atoms with Gasteiger partial charge in [0.25, 0.3) is 0 Å². The Kier molecular flexibility index (Phi) is 7.30. The third-order valence-electron chi connectivity index (χ3n) is 6.26. The fraction of sp³-hybridized carbons (Fsp3) is 0.560. The van der Waals surface area contributed by atoms with Gasteiger partial charge in [0.1, 0.15) is 30.0 Å². The van der Waals surface area contributed by atoms with E-state index in [-0.39, 0.29) is 42.9 Å². The second-order valence-corrected chi connectivity index (χ2v) is 10.1. The summed E-state index contributed by atoms with van der Waals surface area (Å²) < 4.78 is 39.9. The predicted molar refractivity (Wildman–Crippen MR) is 123 cm³/mol. The topological polar surface area (TPSA) is 76.6 Å². The third kappa shape index (κ3) is 6.40. The lowest BCUT2D eigenvalue weighted by molar-refractivity contribution is 0.0212. The van der Waals surface area contributed by atoms with Gasteiger partial charge in [0.15, 0.2) is 0 Å². The molecule has 2 aromatic rings. The number of rotatable bonds is 5. The van der Waals surface area contributed by atoms with E-state index in [0.717, 1.165) is 12.0 Å². The highest BCUT2D eigenvalue weighted by Crippen LogP contribution is 2.40. The normalized spacial score (nSPS) is 27.9. The summed E-state index contributed by atoms with van der Waals surface area (Å²) in [6.45, 7) is 6.13. The lowest BCUT2D eigenvalue weighted by Gasteiger charge is -2.40. The van der Waals surface area contributed by atoms with E-state index in [1.807, 2.05) is 0 Å². The van der Waals surface area contributed by atoms with Crippen molar-refractivity contribution in [2.45, 2.75) is 75.9 Å². The molecule has 7 nitrogen and oxygen atoms in total. The van der Waals surface area contributed by atoms with Crippen molar-refractivity contribution in [1.29, 1.82) is 0 Å². The van der Waals surface area contributed by atoms with Crippen LogP contribution in [0.3, 0.4) is 0 Å². The molecule has 1 amide bonds. The summed E-state index contributed by atoms with van der Waals surface area (Å²) in [5, 5.41) is 2.83. The van der Waals surface area contributed by atoms with Crippen LogP contribution in [0.15, 0.2) is 42.9 Å². The average molecular weight is 475 g/mol. The number of hydrogen-bond donors (Lipinski definition) is 1. The number of aromatic nitrogens is 2. The van der Waals surface area contributed by atoms with E-state index < -0.39 is 17.9 Å². The van der Waals surface area contributed by atoms with Crippen molar-refractivity contribution in [3.63, 3.8) is 0 Å². The first-order valence-corrected chi connectivity index (χ1v) is 11.7. The molecule has 34 heavy (non-hydrogen) atoms. The minimum atomic E-state index is -1.08. The van der Waals surface area contributed by atoms with Crippen molar-refractivity contribution in [3.05, 3.63) is 54.2 Å². The summed E-state index contributed by atoms with van der Waals surface area (Å²) >= 11 is 0. The van der Waals surface area contributed by atoms with Crippen LogP contribution in [-0.2, 0) is 4.74 Å².